The van der Waals surface area contributed by atoms with Gasteiger partial charge in [-0.2, -0.15) is 18.3 Å². The maximum absolute atomic E-state index is 12.4. The standard InChI is InChI=1S/C10H12F3N5S/c1-2-4-14-6-8-15-16-9(19-8)18-5-3-7(17-18)10(11,12)13/h3,5,14H,2,4,6H2,1H3. The Morgan fingerprint density at radius 2 is 2.16 bits per heavy atom. The lowest BCUT2D eigenvalue weighted by molar-refractivity contribution is -0.141. The summed E-state index contributed by atoms with van der Waals surface area (Å²) in [6, 6.07) is 0.913. The Bertz CT molecular complexity index is 533. The van der Waals surface area contributed by atoms with E-state index >= 15 is 0 Å². The Hall–Kier alpha value is -1.48. The van der Waals surface area contributed by atoms with Crippen LogP contribution in [-0.4, -0.2) is 26.5 Å². The van der Waals surface area contributed by atoms with E-state index in [0.29, 0.717) is 16.7 Å². The van der Waals surface area contributed by atoms with E-state index in [1.807, 2.05) is 6.92 Å². The molecule has 2 rings (SSSR count). The van der Waals surface area contributed by atoms with Gasteiger partial charge in [0, 0.05) is 12.7 Å². The first kappa shape index (κ1) is 13.9. The molecule has 0 aliphatic heterocycles. The molecule has 5 nitrogen and oxygen atoms in total. The van der Waals surface area contributed by atoms with E-state index in [0.717, 1.165) is 23.7 Å². The van der Waals surface area contributed by atoms with Crippen LogP contribution < -0.4 is 5.32 Å². The van der Waals surface area contributed by atoms with Crippen LogP contribution in [0.5, 0.6) is 0 Å². The Morgan fingerprint density at radius 1 is 1.37 bits per heavy atom. The summed E-state index contributed by atoms with van der Waals surface area (Å²) in [6.45, 7) is 3.45. The van der Waals surface area contributed by atoms with Crippen molar-refractivity contribution in [3.05, 3.63) is 23.0 Å². The van der Waals surface area contributed by atoms with Crippen LogP contribution in [0.25, 0.3) is 5.13 Å². The van der Waals surface area contributed by atoms with Gasteiger partial charge in [-0.25, -0.2) is 4.68 Å². The summed E-state index contributed by atoms with van der Waals surface area (Å²) < 4.78 is 38.3. The number of nitrogens with one attached hydrogen (secondary N) is 1. The third kappa shape index (κ3) is 3.51. The molecular weight excluding hydrogens is 279 g/mol. The smallest absolute Gasteiger partial charge is 0.310 e. The fourth-order valence-corrected chi connectivity index (χ4v) is 2.11. The molecule has 9 heteroatoms. The van der Waals surface area contributed by atoms with Gasteiger partial charge in [-0.1, -0.05) is 18.3 Å². The van der Waals surface area contributed by atoms with E-state index in [9.17, 15) is 13.2 Å². The SMILES string of the molecule is CCCNCc1nnc(-n2ccc(C(F)(F)F)n2)s1. The fraction of sp³-hybridized carbons (Fsp3) is 0.500. The van der Waals surface area contributed by atoms with Crippen LogP contribution >= 0.6 is 11.3 Å². The largest absolute Gasteiger partial charge is 0.435 e. The Kier molecular flexibility index (Phi) is 4.15. The predicted octanol–water partition coefficient (Wildman–Crippen LogP) is 2.24. The highest BCUT2D eigenvalue weighted by molar-refractivity contribution is 7.13. The van der Waals surface area contributed by atoms with Crippen molar-refractivity contribution in [2.24, 2.45) is 0 Å². The molecule has 1 N–H and O–H groups in total. The molecule has 0 aromatic carbocycles. The van der Waals surface area contributed by atoms with Gasteiger partial charge in [0.05, 0.1) is 0 Å². The molecule has 0 amide bonds. The molecule has 0 spiro atoms. The first-order valence-corrected chi connectivity index (χ1v) is 6.48. The minimum Gasteiger partial charge on any atom is -0.310 e. The molecular formula is C10H12F3N5S. The van der Waals surface area contributed by atoms with Crippen molar-refractivity contribution in [1.82, 2.24) is 25.3 Å². The highest BCUT2D eigenvalue weighted by atomic mass is 32.1. The lowest BCUT2D eigenvalue weighted by Crippen LogP contribution is -2.13. The third-order valence-corrected chi connectivity index (χ3v) is 3.15. The van der Waals surface area contributed by atoms with Crippen LogP contribution in [0.3, 0.4) is 0 Å². The Balaban J connectivity index is 2.08. The van der Waals surface area contributed by atoms with Crippen LogP contribution in [-0.2, 0) is 12.7 Å². The summed E-state index contributed by atoms with van der Waals surface area (Å²) in [5.74, 6) is 0. The zero-order valence-corrected chi connectivity index (χ0v) is 10.9. The summed E-state index contributed by atoms with van der Waals surface area (Å²) >= 11 is 1.21. The van der Waals surface area contributed by atoms with E-state index in [-0.39, 0.29) is 0 Å². The molecule has 0 aliphatic carbocycles. The maximum Gasteiger partial charge on any atom is 0.435 e. The minimum absolute atomic E-state index is 0.323. The van der Waals surface area contributed by atoms with Gasteiger partial charge in [0.15, 0.2) is 5.69 Å². The number of hydrogen-bond donors (Lipinski definition) is 1. The number of hydrogen-bond acceptors (Lipinski definition) is 5. The third-order valence-electron chi connectivity index (χ3n) is 2.23. The molecule has 0 saturated heterocycles. The number of halogens is 3. The minimum atomic E-state index is -4.44. The van der Waals surface area contributed by atoms with E-state index < -0.39 is 11.9 Å². The van der Waals surface area contributed by atoms with Crippen LogP contribution in [0.2, 0.25) is 0 Å². The Labute approximate surface area is 111 Å². The van der Waals surface area contributed by atoms with Gasteiger partial charge < -0.3 is 5.32 Å². The molecule has 2 aromatic rings. The van der Waals surface area contributed by atoms with Gasteiger partial charge in [0.2, 0.25) is 5.13 Å². The first-order valence-electron chi connectivity index (χ1n) is 5.67. The van der Waals surface area contributed by atoms with Crippen LogP contribution in [0.15, 0.2) is 12.3 Å². The van der Waals surface area contributed by atoms with Crippen molar-refractivity contribution in [3.8, 4) is 5.13 Å². The predicted molar refractivity (Wildman–Crippen MR) is 64.0 cm³/mol. The van der Waals surface area contributed by atoms with Crippen molar-refractivity contribution in [2.45, 2.75) is 26.1 Å². The van der Waals surface area contributed by atoms with Crippen molar-refractivity contribution >= 4 is 11.3 Å². The van der Waals surface area contributed by atoms with Crippen LogP contribution in [0, 0.1) is 0 Å². The number of rotatable bonds is 5. The summed E-state index contributed by atoms with van der Waals surface area (Å²) in [5.41, 5.74) is -0.937. The first-order chi connectivity index (χ1) is 9.00. The van der Waals surface area contributed by atoms with Crippen molar-refractivity contribution in [2.75, 3.05) is 6.54 Å². The summed E-state index contributed by atoms with van der Waals surface area (Å²) in [5, 5.41) is 15.3. The average molecular weight is 291 g/mol. The van der Waals surface area contributed by atoms with Crippen molar-refractivity contribution in [3.63, 3.8) is 0 Å². The van der Waals surface area contributed by atoms with E-state index in [1.54, 1.807) is 0 Å². The zero-order chi connectivity index (χ0) is 13.9. The molecule has 0 saturated carbocycles. The summed E-state index contributed by atoms with van der Waals surface area (Å²) in [4.78, 5) is 0. The molecule has 0 fully saturated rings. The molecule has 19 heavy (non-hydrogen) atoms. The van der Waals surface area contributed by atoms with Gasteiger partial charge in [-0.05, 0) is 19.0 Å². The fourth-order valence-electron chi connectivity index (χ4n) is 1.36. The molecule has 0 atom stereocenters. The van der Waals surface area contributed by atoms with Gasteiger partial charge in [0.1, 0.15) is 5.01 Å². The highest BCUT2D eigenvalue weighted by Crippen LogP contribution is 2.28. The van der Waals surface area contributed by atoms with E-state index in [4.69, 9.17) is 0 Å². The average Bonchev–Trinajstić information content (AvgIpc) is 2.96. The molecule has 0 unspecified atom stereocenters. The summed E-state index contributed by atoms with van der Waals surface area (Å²) in [6.07, 6.45) is -2.21. The van der Waals surface area contributed by atoms with Gasteiger partial charge in [-0.3, -0.25) is 0 Å². The maximum atomic E-state index is 12.4. The molecule has 0 bridgehead atoms. The van der Waals surface area contributed by atoms with Crippen molar-refractivity contribution in [1.29, 1.82) is 0 Å². The van der Waals surface area contributed by atoms with Crippen LogP contribution in [0.1, 0.15) is 24.0 Å². The lowest BCUT2D eigenvalue weighted by atomic mass is 10.4. The zero-order valence-electron chi connectivity index (χ0n) is 10.1. The van der Waals surface area contributed by atoms with Crippen molar-refractivity contribution < 1.29 is 13.2 Å². The molecule has 2 heterocycles. The van der Waals surface area contributed by atoms with E-state index in [2.05, 4.69) is 20.6 Å². The second kappa shape index (κ2) is 5.66. The monoisotopic (exact) mass is 291 g/mol. The number of alkyl halides is 3. The van der Waals surface area contributed by atoms with Gasteiger partial charge >= 0.3 is 6.18 Å². The molecule has 2 aromatic heterocycles. The van der Waals surface area contributed by atoms with E-state index in [1.165, 1.54) is 17.5 Å². The quantitative estimate of drug-likeness (QED) is 0.858. The topological polar surface area (TPSA) is 55.6 Å². The second-order valence-electron chi connectivity index (χ2n) is 3.80. The molecule has 0 aliphatic rings. The van der Waals surface area contributed by atoms with Gasteiger partial charge in [0.25, 0.3) is 0 Å². The van der Waals surface area contributed by atoms with Crippen LogP contribution in [0.4, 0.5) is 13.2 Å². The van der Waals surface area contributed by atoms with Gasteiger partial charge in [-0.15, -0.1) is 10.2 Å². The normalized spacial score (nSPS) is 12.0. The highest BCUT2D eigenvalue weighted by Gasteiger charge is 2.33. The number of nitrogens with zero attached hydrogens (tertiary/aromatic N) is 4. The molecule has 104 valence electrons. The lowest BCUT2D eigenvalue weighted by Gasteiger charge is -2.00. The molecule has 0 radical (unpaired) electrons. The second-order valence-corrected chi connectivity index (χ2v) is 4.84. The number of aromatic nitrogens is 4. The summed E-state index contributed by atoms with van der Waals surface area (Å²) in [7, 11) is 0. The Morgan fingerprint density at radius 3 is 2.79 bits per heavy atom.